The van der Waals surface area contributed by atoms with Crippen molar-refractivity contribution in [3.63, 3.8) is 0 Å². The van der Waals surface area contributed by atoms with Crippen molar-refractivity contribution < 1.29 is 14.3 Å². The zero-order valence-electron chi connectivity index (χ0n) is 18.6. The van der Waals surface area contributed by atoms with E-state index in [0.717, 1.165) is 63.2 Å². The number of nitrogens with one attached hydrogen (secondary N) is 1. The molecule has 0 aliphatic heterocycles. The molecule has 28 heavy (non-hydrogen) atoms. The van der Waals surface area contributed by atoms with Crippen LogP contribution in [0.4, 0.5) is 5.69 Å². The number of unbranched alkanes of at least 4 members (excludes halogenated alkanes) is 1. The maximum absolute atomic E-state index is 12.8. The first-order valence-electron chi connectivity index (χ1n) is 10.9. The Morgan fingerprint density at radius 1 is 1.00 bits per heavy atom. The average molecular weight is 393 g/mol. The average Bonchev–Trinajstić information content (AvgIpc) is 2.72. The van der Waals surface area contributed by atoms with Crippen molar-refractivity contribution >= 4 is 11.6 Å². The number of ether oxygens (including phenoxy) is 2. The summed E-state index contributed by atoms with van der Waals surface area (Å²) in [6, 6.07) is 7.59. The normalized spacial score (nSPS) is 13.4. The molecule has 1 atom stereocenters. The molecule has 0 aliphatic carbocycles. The van der Waals surface area contributed by atoms with Gasteiger partial charge >= 0.3 is 0 Å². The van der Waals surface area contributed by atoms with Crippen LogP contribution in [-0.4, -0.2) is 49.3 Å². The molecule has 1 aromatic rings. The number of benzene rings is 1. The van der Waals surface area contributed by atoms with E-state index in [1.807, 2.05) is 31.2 Å². The van der Waals surface area contributed by atoms with E-state index < -0.39 is 5.60 Å². The second-order valence-corrected chi connectivity index (χ2v) is 7.39. The van der Waals surface area contributed by atoms with Gasteiger partial charge in [0.05, 0.1) is 6.61 Å². The lowest BCUT2D eigenvalue weighted by Crippen LogP contribution is -2.43. The molecule has 5 nitrogen and oxygen atoms in total. The van der Waals surface area contributed by atoms with Gasteiger partial charge in [-0.25, -0.2) is 0 Å². The van der Waals surface area contributed by atoms with Gasteiger partial charge in [0.2, 0.25) is 0 Å². The van der Waals surface area contributed by atoms with E-state index in [1.165, 1.54) is 0 Å². The van der Waals surface area contributed by atoms with Gasteiger partial charge in [0.1, 0.15) is 11.4 Å². The van der Waals surface area contributed by atoms with Crippen LogP contribution in [0.3, 0.4) is 0 Å². The second kappa shape index (κ2) is 13.6. The largest absolute Gasteiger partial charge is 0.494 e. The lowest BCUT2D eigenvalue weighted by molar-refractivity contribution is -0.140. The van der Waals surface area contributed by atoms with Crippen LogP contribution in [0, 0.1) is 0 Å². The molecule has 0 aromatic heterocycles. The number of nitrogens with zero attached hydrogens (tertiary/aromatic N) is 1. The van der Waals surface area contributed by atoms with Gasteiger partial charge in [-0.1, -0.05) is 40.5 Å². The Bertz CT molecular complexity index is 533. The van der Waals surface area contributed by atoms with E-state index in [2.05, 4.69) is 37.9 Å². The summed E-state index contributed by atoms with van der Waals surface area (Å²) in [5.41, 5.74) is -0.0191. The van der Waals surface area contributed by atoms with Crippen LogP contribution < -0.4 is 10.1 Å². The standard InChI is InChI=1S/C23H40N2O3/c1-6-10-16-23(5,28-18-7-2)22(26)24-20-12-14-21(15-13-20)27-19-11-17-25(8-3)9-4/h12-15H,6-11,16-19H2,1-5H3,(H,24,26)/t23-/m0/s1. The molecule has 0 unspecified atom stereocenters. The number of anilines is 1. The Balaban J connectivity index is 2.54. The molecule has 160 valence electrons. The smallest absolute Gasteiger partial charge is 0.256 e. The second-order valence-electron chi connectivity index (χ2n) is 7.39. The lowest BCUT2D eigenvalue weighted by Gasteiger charge is -2.28. The molecule has 0 fully saturated rings. The molecule has 0 bridgehead atoms. The van der Waals surface area contributed by atoms with Crippen molar-refractivity contribution in [2.45, 2.75) is 72.3 Å². The van der Waals surface area contributed by atoms with Gasteiger partial charge in [0, 0.05) is 18.8 Å². The van der Waals surface area contributed by atoms with Crippen LogP contribution in [0.5, 0.6) is 5.75 Å². The van der Waals surface area contributed by atoms with Crippen molar-refractivity contribution in [3.8, 4) is 5.75 Å². The summed E-state index contributed by atoms with van der Waals surface area (Å²) >= 11 is 0. The number of carbonyl (C=O) groups is 1. The van der Waals surface area contributed by atoms with E-state index in [4.69, 9.17) is 9.47 Å². The molecule has 0 radical (unpaired) electrons. The third-order valence-corrected chi connectivity index (χ3v) is 5.01. The third kappa shape index (κ3) is 8.61. The summed E-state index contributed by atoms with van der Waals surface area (Å²) in [4.78, 5) is 15.2. The first-order valence-corrected chi connectivity index (χ1v) is 10.9. The number of amides is 1. The zero-order valence-corrected chi connectivity index (χ0v) is 18.6. The van der Waals surface area contributed by atoms with Crippen molar-refractivity contribution in [3.05, 3.63) is 24.3 Å². The van der Waals surface area contributed by atoms with Crippen LogP contribution in [-0.2, 0) is 9.53 Å². The molecular weight excluding hydrogens is 352 g/mol. The van der Waals surface area contributed by atoms with E-state index in [9.17, 15) is 4.79 Å². The van der Waals surface area contributed by atoms with Crippen molar-refractivity contribution in [1.82, 2.24) is 4.90 Å². The van der Waals surface area contributed by atoms with Crippen LogP contribution in [0.2, 0.25) is 0 Å². The van der Waals surface area contributed by atoms with Crippen LogP contribution in [0.1, 0.15) is 66.7 Å². The fourth-order valence-corrected chi connectivity index (χ4v) is 3.01. The van der Waals surface area contributed by atoms with Crippen LogP contribution in [0.15, 0.2) is 24.3 Å². The van der Waals surface area contributed by atoms with Gasteiger partial charge in [0.15, 0.2) is 0 Å². The Labute approximate surface area is 171 Å². The Kier molecular flexibility index (Phi) is 11.8. The molecule has 5 heteroatoms. The van der Waals surface area contributed by atoms with Crippen molar-refractivity contribution in [2.24, 2.45) is 0 Å². The molecular formula is C23H40N2O3. The first kappa shape index (κ1) is 24.4. The van der Waals surface area contributed by atoms with E-state index in [1.54, 1.807) is 0 Å². The van der Waals surface area contributed by atoms with E-state index in [0.29, 0.717) is 13.2 Å². The molecule has 0 saturated heterocycles. The van der Waals surface area contributed by atoms with Gasteiger partial charge in [0.25, 0.3) is 5.91 Å². The molecule has 0 heterocycles. The van der Waals surface area contributed by atoms with Gasteiger partial charge in [-0.15, -0.1) is 0 Å². The zero-order chi connectivity index (χ0) is 20.8. The maximum Gasteiger partial charge on any atom is 0.256 e. The van der Waals surface area contributed by atoms with E-state index in [-0.39, 0.29) is 5.91 Å². The predicted molar refractivity (Wildman–Crippen MR) is 117 cm³/mol. The van der Waals surface area contributed by atoms with Gasteiger partial charge in [-0.2, -0.15) is 0 Å². The van der Waals surface area contributed by atoms with Crippen LogP contribution in [0.25, 0.3) is 0 Å². The van der Waals surface area contributed by atoms with Crippen molar-refractivity contribution in [2.75, 3.05) is 38.2 Å². The van der Waals surface area contributed by atoms with E-state index >= 15 is 0 Å². The van der Waals surface area contributed by atoms with Crippen LogP contribution >= 0.6 is 0 Å². The summed E-state index contributed by atoms with van der Waals surface area (Å²) < 4.78 is 11.7. The monoisotopic (exact) mass is 392 g/mol. The van der Waals surface area contributed by atoms with Gasteiger partial charge < -0.3 is 19.7 Å². The Morgan fingerprint density at radius 3 is 2.25 bits per heavy atom. The summed E-state index contributed by atoms with van der Waals surface area (Å²) in [5, 5.41) is 3.00. The van der Waals surface area contributed by atoms with Crippen molar-refractivity contribution in [1.29, 1.82) is 0 Å². The minimum atomic E-state index is -0.786. The highest BCUT2D eigenvalue weighted by atomic mass is 16.5. The SMILES string of the molecule is CCCC[C@](C)(OCCC)C(=O)Nc1ccc(OCCCN(CC)CC)cc1. The third-order valence-electron chi connectivity index (χ3n) is 5.01. The number of hydrogen-bond acceptors (Lipinski definition) is 4. The summed E-state index contributed by atoms with van der Waals surface area (Å²) in [7, 11) is 0. The Hall–Kier alpha value is -1.59. The minimum Gasteiger partial charge on any atom is -0.494 e. The highest BCUT2D eigenvalue weighted by molar-refractivity contribution is 5.97. The number of hydrogen-bond donors (Lipinski definition) is 1. The quantitative estimate of drug-likeness (QED) is 0.421. The Morgan fingerprint density at radius 2 is 1.68 bits per heavy atom. The molecule has 0 saturated carbocycles. The molecule has 0 aliphatic rings. The van der Waals surface area contributed by atoms with Gasteiger partial charge in [-0.05, 0) is 63.5 Å². The minimum absolute atomic E-state index is 0.0812. The first-order chi connectivity index (χ1) is 13.5. The lowest BCUT2D eigenvalue weighted by atomic mass is 9.97. The molecule has 1 aromatic carbocycles. The van der Waals surface area contributed by atoms with Gasteiger partial charge in [-0.3, -0.25) is 4.79 Å². The fraction of sp³-hybridized carbons (Fsp3) is 0.696. The summed E-state index contributed by atoms with van der Waals surface area (Å²) in [5.74, 6) is 0.746. The molecule has 0 spiro atoms. The summed E-state index contributed by atoms with van der Waals surface area (Å²) in [6.07, 6.45) is 4.63. The summed E-state index contributed by atoms with van der Waals surface area (Å²) in [6.45, 7) is 14.9. The molecule has 1 amide bonds. The highest BCUT2D eigenvalue weighted by Gasteiger charge is 2.33. The predicted octanol–water partition coefficient (Wildman–Crippen LogP) is 5.11. The fourth-order valence-electron chi connectivity index (χ4n) is 3.01. The highest BCUT2D eigenvalue weighted by Crippen LogP contribution is 2.23. The number of rotatable bonds is 15. The number of carbonyl (C=O) groups excluding carboxylic acids is 1. The molecule has 1 N–H and O–H groups in total. The molecule has 1 rings (SSSR count). The topological polar surface area (TPSA) is 50.8 Å². The maximum atomic E-state index is 12.8.